The van der Waals surface area contributed by atoms with Crippen LogP contribution in [0.25, 0.3) is 0 Å². The lowest BCUT2D eigenvalue weighted by Crippen LogP contribution is -2.51. The monoisotopic (exact) mass is 407 g/mol. The van der Waals surface area contributed by atoms with E-state index in [4.69, 9.17) is 9.73 Å². The first-order valence-corrected chi connectivity index (χ1v) is 9.13. The quantitative estimate of drug-likeness (QED) is 0.777. The van der Waals surface area contributed by atoms with Crippen molar-refractivity contribution in [3.63, 3.8) is 0 Å². The molecular formula is C18H22BrN3O3. The van der Waals surface area contributed by atoms with E-state index in [1.165, 1.54) is 0 Å². The van der Waals surface area contributed by atoms with Gasteiger partial charge in [-0.1, -0.05) is 28.1 Å². The van der Waals surface area contributed by atoms with Gasteiger partial charge in [-0.15, -0.1) is 0 Å². The predicted octanol–water partition coefficient (Wildman–Crippen LogP) is 3.10. The molecule has 1 spiro atoms. The van der Waals surface area contributed by atoms with Gasteiger partial charge in [-0.3, -0.25) is 9.79 Å². The van der Waals surface area contributed by atoms with Crippen LogP contribution in [-0.2, 0) is 9.53 Å². The van der Waals surface area contributed by atoms with Crippen molar-refractivity contribution in [1.82, 2.24) is 10.2 Å². The van der Waals surface area contributed by atoms with Crippen LogP contribution in [0.3, 0.4) is 0 Å². The molecule has 2 aliphatic heterocycles. The number of aliphatic imine (C=N–C) groups is 1. The van der Waals surface area contributed by atoms with E-state index < -0.39 is 11.1 Å². The summed E-state index contributed by atoms with van der Waals surface area (Å²) in [5.74, 6) is 0.503. The van der Waals surface area contributed by atoms with Gasteiger partial charge in [0.05, 0.1) is 0 Å². The topological polar surface area (TPSA) is 71.0 Å². The molecule has 0 unspecified atom stereocenters. The average Bonchev–Trinajstić information content (AvgIpc) is 2.83. The van der Waals surface area contributed by atoms with Gasteiger partial charge in [0, 0.05) is 23.1 Å². The molecule has 1 saturated heterocycles. The van der Waals surface area contributed by atoms with Gasteiger partial charge < -0.3 is 15.0 Å². The maximum Gasteiger partial charge on any atom is 0.410 e. The average molecular weight is 408 g/mol. The standard InChI is InChI=1S/C18H22BrN3O3/c1-17(2,3)25-16(24)22-9-7-18(8-10-22)15(23)20-14(21-18)12-5-4-6-13(19)11-12/h4-6,11H,7-10H2,1-3H3,(H,20,21,23). The van der Waals surface area contributed by atoms with Gasteiger partial charge in [0.25, 0.3) is 5.91 Å². The van der Waals surface area contributed by atoms with Crippen LogP contribution in [0.1, 0.15) is 39.2 Å². The van der Waals surface area contributed by atoms with Crippen LogP contribution in [0, 0.1) is 0 Å². The van der Waals surface area contributed by atoms with Crippen LogP contribution in [0.15, 0.2) is 33.7 Å². The van der Waals surface area contributed by atoms with E-state index in [1.807, 2.05) is 45.0 Å². The Morgan fingerprint density at radius 2 is 2.00 bits per heavy atom. The summed E-state index contributed by atoms with van der Waals surface area (Å²) in [6.07, 6.45) is 0.655. The number of carbonyl (C=O) groups is 2. The molecule has 0 bridgehead atoms. The van der Waals surface area contributed by atoms with Crippen molar-refractivity contribution in [2.24, 2.45) is 4.99 Å². The molecule has 0 radical (unpaired) electrons. The van der Waals surface area contributed by atoms with Crippen LogP contribution in [0.5, 0.6) is 0 Å². The summed E-state index contributed by atoms with van der Waals surface area (Å²) in [5, 5.41) is 2.90. The van der Waals surface area contributed by atoms with Crippen molar-refractivity contribution in [3.8, 4) is 0 Å². The van der Waals surface area contributed by atoms with Crippen LogP contribution in [-0.4, -0.2) is 47.0 Å². The molecule has 0 aliphatic carbocycles. The Hall–Kier alpha value is -1.89. The molecule has 2 heterocycles. The fourth-order valence-corrected chi connectivity index (χ4v) is 3.41. The number of carbonyl (C=O) groups excluding carboxylic acids is 2. The highest BCUT2D eigenvalue weighted by Gasteiger charge is 2.47. The predicted molar refractivity (Wildman–Crippen MR) is 98.6 cm³/mol. The van der Waals surface area contributed by atoms with E-state index >= 15 is 0 Å². The Balaban J connectivity index is 1.72. The number of hydrogen-bond donors (Lipinski definition) is 1. The van der Waals surface area contributed by atoms with Crippen molar-refractivity contribution >= 4 is 33.8 Å². The van der Waals surface area contributed by atoms with Crippen molar-refractivity contribution in [2.45, 2.75) is 44.8 Å². The zero-order valence-electron chi connectivity index (χ0n) is 14.6. The number of amidine groups is 1. The van der Waals surface area contributed by atoms with Gasteiger partial charge in [-0.2, -0.15) is 0 Å². The molecule has 1 N–H and O–H groups in total. The van der Waals surface area contributed by atoms with Crippen LogP contribution in [0.4, 0.5) is 4.79 Å². The number of nitrogens with one attached hydrogen (secondary N) is 1. The Morgan fingerprint density at radius 1 is 1.32 bits per heavy atom. The van der Waals surface area contributed by atoms with Crippen molar-refractivity contribution in [2.75, 3.05) is 13.1 Å². The summed E-state index contributed by atoms with van der Waals surface area (Å²) >= 11 is 3.43. The molecule has 0 saturated carbocycles. The summed E-state index contributed by atoms with van der Waals surface area (Å²) in [5.41, 5.74) is -0.437. The number of hydrogen-bond acceptors (Lipinski definition) is 4. The van der Waals surface area contributed by atoms with E-state index in [0.29, 0.717) is 31.8 Å². The molecule has 7 heteroatoms. The lowest BCUT2D eigenvalue weighted by Gasteiger charge is -2.36. The largest absolute Gasteiger partial charge is 0.444 e. The number of piperidine rings is 1. The van der Waals surface area contributed by atoms with Crippen LogP contribution in [0.2, 0.25) is 0 Å². The molecule has 6 nitrogen and oxygen atoms in total. The zero-order valence-corrected chi connectivity index (χ0v) is 16.2. The second kappa shape index (κ2) is 6.44. The van der Waals surface area contributed by atoms with E-state index in [-0.39, 0.29) is 12.0 Å². The Bertz CT molecular complexity index is 731. The Kier molecular flexibility index (Phi) is 4.62. The van der Waals surface area contributed by atoms with Gasteiger partial charge in [-0.25, -0.2) is 4.79 Å². The summed E-state index contributed by atoms with van der Waals surface area (Å²) in [7, 11) is 0. The van der Waals surface area contributed by atoms with Crippen molar-refractivity contribution < 1.29 is 14.3 Å². The molecule has 3 rings (SSSR count). The first-order chi connectivity index (χ1) is 11.7. The minimum absolute atomic E-state index is 0.0914. The van der Waals surface area contributed by atoms with E-state index in [9.17, 15) is 9.59 Å². The highest BCUT2D eigenvalue weighted by atomic mass is 79.9. The van der Waals surface area contributed by atoms with Crippen molar-refractivity contribution in [3.05, 3.63) is 34.3 Å². The minimum atomic E-state index is -0.782. The van der Waals surface area contributed by atoms with Crippen molar-refractivity contribution in [1.29, 1.82) is 0 Å². The molecule has 1 aromatic carbocycles. The molecular weight excluding hydrogens is 386 g/mol. The third kappa shape index (κ3) is 3.86. The highest BCUT2D eigenvalue weighted by molar-refractivity contribution is 9.10. The van der Waals surface area contributed by atoms with Gasteiger partial charge >= 0.3 is 6.09 Å². The SMILES string of the molecule is CC(C)(C)OC(=O)N1CCC2(CC1)N=C(c1cccc(Br)c1)NC2=O. The Labute approximate surface area is 155 Å². The fraction of sp³-hybridized carbons (Fsp3) is 0.500. The maximum absolute atomic E-state index is 12.6. The number of likely N-dealkylation sites (tertiary alicyclic amines) is 1. The number of amides is 2. The third-order valence-corrected chi connectivity index (χ3v) is 4.81. The minimum Gasteiger partial charge on any atom is -0.444 e. The maximum atomic E-state index is 12.6. The highest BCUT2D eigenvalue weighted by Crippen LogP contribution is 2.31. The summed E-state index contributed by atoms with van der Waals surface area (Å²) < 4.78 is 6.34. The second-order valence-electron chi connectivity index (χ2n) is 7.42. The number of benzene rings is 1. The van der Waals surface area contributed by atoms with Gasteiger partial charge in [0.2, 0.25) is 0 Å². The molecule has 2 amide bonds. The fourth-order valence-electron chi connectivity index (χ4n) is 3.01. The van der Waals surface area contributed by atoms with Gasteiger partial charge in [0.15, 0.2) is 0 Å². The first kappa shape index (κ1) is 17.9. The molecule has 1 aromatic rings. The molecule has 2 aliphatic rings. The summed E-state index contributed by atoms with van der Waals surface area (Å²) in [6.45, 7) is 6.44. The molecule has 25 heavy (non-hydrogen) atoms. The van der Waals surface area contributed by atoms with Gasteiger partial charge in [0.1, 0.15) is 17.0 Å². The van der Waals surface area contributed by atoms with Crippen LogP contribution < -0.4 is 5.32 Å². The van der Waals surface area contributed by atoms with E-state index in [1.54, 1.807) is 4.90 Å². The second-order valence-corrected chi connectivity index (χ2v) is 8.34. The third-order valence-electron chi connectivity index (χ3n) is 4.32. The smallest absolute Gasteiger partial charge is 0.410 e. The van der Waals surface area contributed by atoms with E-state index in [2.05, 4.69) is 21.2 Å². The summed E-state index contributed by atoms with van der Waals surface area (Å²) in [4.78, 5) is 31.1. The number of rotatable bonds is 1. The molecule has 1 fully saturated rings. The Morgan fingerprint density at radius 3 is 2.60 bits per heavy atom. The summed E-state index contributed by atoms with van der Waals surface area (Å²) in [6, 6.07) is 7.67. The number of halogens is 1. The molecule has 0 atom stereocenters. The lowest BCUT2D eigenvalue weighted by atomic mass is 9.88. The molecule has 0 aromatic heterocycles. The van der Waals surface area contributed by atoms with Gasteiger partial charge in [-0.05, 0) is 45.7 Å². The normalized spacial score (nSPS) is 19.6. The zero-order chi connectivity index (χ0) is 18.2. The number of ether oxygens (including phenoxy) is 1. The lowest BCUT2D eigenvalue weighted by molar-refractivity contribution is -0.125. The first-order valence-electron chi connectivity index (χ1n) is 8.34. The van der Waals surface area contributed by atoms with Crippen LogP contribution >= 0.6 is 15.9 Å². The number of nitrogens with zero attached hydrogens (tertiary/aromatic N) is 2. The molecule has 134 valence electrons. The van der Waals surface area contributed by atoms with E-state index in [0.717, 1.165) is 10.0 Å².